The minimum absolute atomic E-state index is 0.0236. The summed E-state index contributed by atoms with van der Waals surface area (Å²) in [5.74, 6) is 1.42. The zero-order valence-corrected chi connectivity index (χ0v) is 21.6. The summed E-state index contributed by atoms with van der Waals surface area (Å²) in [7, 11) is 1.94. The van der Waals surface area contributed by atoms with Crippen LogP contribution in [0.2, 0.25) is 0 Å². The average Bonchev–Trinajstić information content (AvgIpc) is 3.15. The van der Waals surface area contributed by atoms with Gasteiger partial charge in [0.15, 0.2) is 0 Å². The number of amides is 1. The third-order valence-corrected chi connectivity index (χ3v) is 8.18. The van der Waals surface area contributed by atoms with Crippen molar-refractivity contribution < 1.29 is 4.79 Å². The van der Waals surface area contributed by atoms with Crippen LogP contribution in [-0.2, 0) is 7.05 Å². The van der Waals surface area contributed by atoms with E-state index in [1.807, 2.05) is 46.6 Å². The number of benzene rings is 1. The highest BCUT2D eigenvalue weighted by atomic mass is 16.2. The first-order valence-electron chi connectivity index (χ1n) is 13.6. The lowest BCUT2D eigenvalue weighted by molar-refractivity contribution is 0.0948. The summed E-state index contributed by atoms with van der Waals surface area (Å²) in [6.07, 6.45) is 9.61. The van der Waals surface area contributed by atoms with Gasteiger partial charge in [0, 0.05) is 55.2 Å². The van der Waals surface area contributed by atoms with Crippen LogP contribution in [-0.4, -0.2) is 46.1 Å². The monoisotopic (exact) mass is 476 g/mol. The SMILES string of the molecule is CC1CC(C)CN(CCCNC(=O)c2cn(C3CCCCC3)c(=O)c3c2c2ccccc2n3C)C1. The minimum atomic E-state index is -0.0729. The van der Waals surface area contributed by atoms with E-state index >= 15 is 0 Å². The second-order valence-corrected chi connectivity index (χ2v) is 11.2. The number of hydrogen-bond donors (Lipinski definition) is 1. The molecule has 1 saturated heterocycles. The Morgan fingerprint density at radius 1 is 1.06 bits per heavy atom. The molecule has 5 rings (SSSR count). The van der Waals surface area contributed by atoms with Crippen molar-refractivity contribution in [1.29, 1.82) is 0 Å². The topological polar surface area (TPSA) is 59.3 Å². The number of piperidine rings is 1. The Labute approximate surface area is 208 Å². The van der Waals surface area contributed by atoms with E-state index < -0.39 is 0 Å². The van der Waals surface area contributed by atoms with Crippen LogP contribution in [0.15, 0.2) is 35.3 Å². The van der Waals surface area contributed by atoms with E-state index in [1.54, 1.807) is 0 Å². The molecular formula is C29H40N4O2. The van der Waals surface area contributed by atoms with Gasteiger partial charge in [-0.15, -0.1) is 0 Å². The molecule has 35 heavy (non-hydrogen) atoms. The molecule has 0 bridgehead atoms. The van der Waals surface area contributed by atoms with Gasteiger partial charge in [0.05, 0.1) is 5.56 Å². The van der Waals surface area contributed by atoms with Crippen molar-refractivity contribution >= 4 is 27.7 Å². The van der Waals surface area contributed by atoms with Gasteiger partial charge in [-0.2, -0.15) is 0 Å². The van der Waals surface area contributed by atoms with Crippen LogP contribution in [0.1, 0.15) is 75.2 Å². The Balaban J connectivity index is 1.43. The highest BCUT2D eigenvalue weighted by molar-refractivity contribution is 6.17. The highest BCUT2D eigenvalue weighted by Gasteiger charge is 2.25. The summed E-state index contributed by atoms with van der Waals surface area (Å²) >= 11 is 0. The summed E-state index contributed by atoms with van der Waals surface area (Å²) in [5, 5.41) is 4.95. The summed E-state index contributed by atoms with van der Waals surface area (Å²) in [4.78, 5) is 29.8. The van der Waals surface area contributed by atoms with Gasteiger partial charge < -0.3 is 19.4 Å². The fourth-order valence-corrected chi connectivity index (χ4v) is 6.68. The molecule has 2 unspecified atom stereocenters. The maximum atomic E-state index is 13.7. The van der Waals surface area contributed by atoms with Gasteiger partial charge in [-0.1, -0.05) is 51.3 Å². The van der Waals surface area contributed by atoms with Crippen molar-refractivity contribution in [2.45, 2.75) is 64.8 Å². The van der Waals surface area contributed by atoms with Crippen molar-refractivity contribution in [2.24, 2.45) is 18.9 Å². The van der Waals surface area contributed by atoms with E-state index in [-0.39, 0.29) is 17.5 Å². The second kappa shape index (κ2) is 10.2. The van der Waals surface area contributed by atoms with Crippen molar-refractivity contribution in [2.75, 3.05) is 26.2 Å². The average molecular weight is 477 g/mol. The predicted molar refractivity (Wildman–Crippen MR) is 143 cm³/mol. The van der Waals surface area contributed by atoms with Crippen molar-refractivity contribution in [1.82, 2.24) is 19.4 Å². The lowest BCUT2D eigenvalue weighted by Crippen LogP contribution is -2.40. The van der Waals surface area contributed by atoms with Crippen LogP contribution < -0.4 is 10.9 Å². The number of aryl methyl sites for hydroxylation is 1. The van der Waals surface area contributed by atoms with Crippen molar-refractivity contribution in [3.63, 3.8) is 0 Å². The molecule has 0 radical (unpaired) electrons. The van der Waals surface area contributed by atoms with Gasteiger partial charge in [0.1, 0.15) is 5.52 Å². The first-order valence-corrected chi connectivity index (χ1v) is 13.6. The van der Waals surface area contributed by atoms with Gasteiger partial charge in [0.25, 0.3) is 11.5 Å². The van der Waals surface area contributed by atoms with Crippen molar-refractivity contribution in [3.8, 4) is 0 Å². The summed E-state index contributed by atoms with van der Waals surface area (Å²) < 4.78 is 3.84. The van der Waals surface area contributed by atoms with Crippen LogP contribution in [0.25, 0.3) is 21.8 Å². The molecule has 1 aromatic carbocycles. The normalized spacial score (nSPS) is 22.1. The Bertz CT molecular complexity index is 1260. The number of para-hydroxylation sites is 1. The number of rotatable bonds is 6. The summed E-state index contributed by atoms with van der Waals surface area (Å²) in [6.45, 7) is 8.64. The molecule has 2 aliphatic rings. The van der Waals surface area contributed by atoms with Crippen LogP contribution in [0.5, 0.6) is 0 Å². The third kappa shape index (κ3) is 4.77. The molecule has 3 heterocycles. The Morgan fingerprint density at radius 3 is 2.51 bits per heavy atom. The van der Waals surface area contributed by atoms with Crippen molar-refractivity contribution in [3.05, 3.63) is 46.4 Å². The van der Waals surface area contributed by atoms with Crippen LogP contribution in [0.4, 0.5) is 0 Å². The first kappa shape index (κ1) is 24.1. The molecule has 6 nitrogen and oxygen atoms in total. The smallest absolute Gasteiger partial charge is 0.275 e. The van der Waals surface area contributed by atoms with Gasteiger partial charge >= 0.3 is 0 Å². The lowest BCUT2D eigenvalue weighted by atomic mass is 9.92. The number of pyridine rings is 1. The van der Waals surface area contributed by atoms with Gasteiger partial charge in [0.2, 0.25) is 0 Å². The molecule has 6 heteroatoms. The maximum Gasteiger partial charge on any atom is 0.275 e. The standard InChI is InChI=1S/C29H40N4O2/c1-20-16-21(2)18-32(17-20)15-9-14-30-28(34)24-19-33(22-10-5-4-6-11-22)29(35)27-26(24)23-12-7-8-13-25(23)31(27)3/h7-8,12-13,19-22H,4-6,9-11,14-18H2,1-3H3,(H,30,34). The molecule has 0 spiro atoms. The largest absolute Gasteiger partial charge is 0.352 e. The number of hydrogen-bond acceptors (Lipinski definition) is 3. The fraction of sp³-hybridized carbons (Fsp3) is 0.586. The molecular weight excluding hydrogens is 436 g/mol. The van der Waals surface area contributed by atoms with E-state index in [9.17, 15) is 9.59 Å². The number of fused-ring (bicyclic) bond motifs is 3. The van der Waals surface area contributed by atoms with E-state index in [4.69, 9.17) is 0 Å². The quantitative estimate of drug-likeness (QED) is 0.504. The third-order valence-electron chi connectivity index (χ3n) is 8.18. The number of likely N-dealkylation sites (tertiary alicyclic amines) is 1. The molecule has 188 valence electrons. The molecule has 1 aliphatic heterocycles. The number of nitrogens with one attached hydrogen (secondary N) is 1. The molecule has 1 aliphatic carbocycles. The first-order chi connectivity index (χ1) is 16.9. The zero-order chi connectivity index (χ0) is 24.5. The van der Waals surface area contributed by atoms with E-state index in [0.29, 0.717) is 17.6 Å². The van der Waals surface area contributed by atoms with E-state index in [1.165, 1.54) is 12.8 Å². The Morgan fingerprint density at radius 2 is 1.77 bits per heavy atom. The molecule has 2 atom stereocenters. The number of nitrogens with zero attached hydrogens (tertiary/aromatic N) is 3. The van der Waals surface area contributed by atoms with Gasteiger partial charge in [-0.05, 0) is 50.1 Å². The number of carbonyl (C=O) groups excluding carboxylic acids is 1. The molecule has 2 aromatic heterocycles. The number of carbonyl (C=O) groups is 1. The fourth-order valence-electron chi connectivity index (χ4n) is 6.68. The van der Waals surface area contributed by atoms with Crippen LogP contribution >= 0.6 is 0 Å². The second-order valence-electron chi connectivity index (χ2n) is 11.2. The van der Waals surface area contributed by atoms with Crippen LogP contribution in [0, 0.1) is 11.8 Å². The maximum absolute atomic E-state index is 13.7. The molecule has 3 aromatic rings. The molecule has 2 fully saturated rings. The van der Waals surface area contributed by atoms with E-state index in [2.05, 4.69) is 24.1 Å². The zero-order valence-electron chi connectivity index (χ0n) is 21.6. The summed E-state index contributed by atoms with van der Waals surface area (Å²) in [6, 6.07) is 8.20. The highest BCUT2D eigenvalue weighted by Crippen LogP contribution is 2.32. The molecule has 1 N–H and O–H groups in total. The Kier molecular flexibility index (Phi) is 7.01. The lowest BCUT2D eigenvalue weighted by Gasteiger charge is -2.34. The molecule has 1 amide bonds. The van der Waals surface area contributed by atoms with Gasteiger partial charge in [-0.25, -0.2) is 0 Å². The van der Waals surface area contributed by atoms with E-state index in [0.717, 1.165) is 79.9 Å². The predicted octanol–water partition coefficient (Wildman–Crippen LogP) is 5.10. The Hall–Kier alpha value is -2.60. The minimum Gasteiger partial charge on any atom is -0.352 e. The summed E-state index contributed by atoms with van der Waals surface area (Å²) in [5.41, 5.74) is 2.28. The van der Waals surface area contributed by atoms with Gasteiger partial charge in [-0.3, -0.25) is 9.59 Å². The number of aromatic nitrogens is 2. The molecule has 1 saturated carbocycles. The van der Waals surface area contributed by atoms with Crippen LogP contribution in [0.3, 0.4) is 0 Å².